The Kier molecular flexibility index (Phi) is 6.05. The average Bonchev–Trinajstić information content (AvgIpc) is 2.42. The molecule has 0 aliphatic heterocycles. The van der Waals surface area contributed by atoms with Crippen LogP contribution in [0.3, 0.4) is 0 Å². The third-order valence-electron chi connectivity index (χ3n) is 2.63. The maximum atomic E-state index is 11.6. The largest absolute Gasteiger partial charge is 0.496 e. The second-order valence-electron chi connectivity index (χ2n) is 3.97. The SMILES string of the molecule is CCCNC(=O)OC(CC)c1ccccc1OC. The van der Waals surface area contributed by atoms with Gasteiger partial charge in [-0.25, -0.2) is 4.79 Å². The summed E-state index contributed by atoms with van der Waals surface area (Å²) in [5, 5.41) is 2.70. The average molecular weight is 251 g/mol. The van der Waals surface area contributed by atoms with Gasteiger partial charge in [-0.2, -0.15) is 0 Å². The van der Waals surface area contributed by atoms with E-state index < -0.39 is 0 Å². The van der Waals surface area contributed by atoms with Gasteiger partial charge in [-0.15, -0.1) is 0 Å². The van der Waals surface area contributed by atoms with Crippen molar-refractivity contribution in [3.8, 4) is 5.75 Å². The molecule has 0 saturated carbocycles. The highest BCUT2D eigenvalue weighted by Gasteiger charge is 2.18. The number of amides is 1. The van der Waals surface area contributed by atoms with Crippen LogP contribution >= 0.6 is 0 Å². The van der Waals surface area contributed by atoms with Crippen LogP contribution in [0.2, 0.25) is 0 Å². The van der Waals surface area contributed by atoms with Crippen molar-refractivity contribution in [1.82, 2.24) is 5.32 Å². The van der Waals surface area contributed by atoms with Crippen molar-refractivity contribution in [1.29, 1.82) is 0 Å². The molecular formula is C14H21NO3. The zero-order valence-corrected chi connectivity index (χ0v) is 11.2. The summed E-state index contributed by atoms with van der Waals surface area (Å²) < 4.78 is 10.7. The van der Waals surface area contributed by atoms with Crippen LogP contribution in [0.25, 0.3) is 0 Å². The van der Waals surface area contributed by atoms with E-state index in [1.807, 2.05) is 38.1 Å². The maximum absolute atomic E-state index is 11.6. The number of para-hydroxylation sites is 1. The normalized spacial score (nSPS) is 11.7. The zero-order chi connectivity index (χ0) is 13.4. The van der Waals surface area contributed by atoms with Crippen LogP contribution in [0.4, 0.5) is 4.79 Å². The van der Waals surface area contributed by atoms with Crippen molar-refractivity contribution in [2.45, 2.75) is 32.8 Å². The van der Waals surface area contributed by atoms with Gasteiger partial charge in [-0.3, -0.25) is 0 Å². The highest BCUT2D eigenvalue weighted by atomic mass is 16.6. The highest BCUT2D eigenvalue weighted by Crippen LogP contribution is 2.29. The van der Waals surface area contributed by atoms with Gasteiger partial charge < -0.3 is 14.8 Å². The van der Waals surface area contributed by atoms with Gasteiger partial charge in [0.05, 0.1) is 7.11 Å². The summed E-state index contributed by atoms with van der Waals surface area (Å²) in [7, 11) is 1.61. The number of hydrogen-bond acceptors (Lipinski definition) is 3. The molecule has 0 bridgehead atoms. The first-order valence-corrected chi connectivity index (χ1v) is 6.30. The van der Waals surface area contributed by atoms with Crippen molar-refractivity contribution in [2.75, 3.05) is 13.7 Å². The highest BCUT2D eigenvalue weighted by molar-refractivity contribution is 5.67. The van der Waals surface area contributed by atoms with E-state index in [4.69, 9.17) is 9.47 Å². The van der Waals surface area contributed by atoms with Crippen LogP contribution < -0.4 is 10.1 Å². The molecule has 1 atom stereocenters. The first-order chi connectivity index (χ1) is 8.72. The third kappa shape index (κ3) is 3.95. The summed E-state index contributed by atoms with van der Waals surface area (Å²) in [6, 6.07) is 7.59. The monoisotopic (exact) mass is 251 g/mol. The van der Waals surface area contributed by atoms with Gasteiger partial charge in [0.1, 0.15) is 11.9 Å². The summed E-state index contributed by atoms with van der Waals surface area (Å²) in [5.74, 6) is 0.743. The standard InChI is InChI=1S/C14H21NO3/c1-4-10-15-14(16)18-12(5-2)11-8-6-7-9-13(11)17-3/h6-9,12H,4-5,10H2,1-3H3,(H,15,16). The van der Waals surface area contributed by atoms with Crippen LogP contribution in [0, 0.1) is 0 Å². The van der Waals surface area contributed by atoms with Crippen molar-refractivity contribution in [3.05, 3.63) is 29.8 Å². The van der Waals surface area contributed by atoms with Crippen molar-refractivity contribution < 1.29 is 14.3 Å². The Morgan fingerprint density at radius 3 is 2.67 bits per heavy atom. The Balaban J connectivity index is 2.73. The van der Waals surface area contributed by atoms with E-state index in [0.29, 0.717) is 13.0 Å². The molecule has 0 aliphatic rings. The Hall–Kier alpha value is -1.71. The second kappa shape index (κ2) is 7.58. The minimum atomic E-state index is -0.380. The van der Waals surface area contributed by atoms with E-state index in [1.54, 1.807) is 7.11 Å². The molecule has 0 saturated heterocycles. The van der Waals surface area contributed by atoms with Gasteiger partial charge >= 0.3 is 6.09 Å². The zero-order valence-electron chi connectivity index (χ0n) is 11.2. The number of benzene rings is 1. The molecule has 0 radical (unpaired) electrons. The van der Waals surface area contributed by atoms with Crippen LogP contribution in [0.1, 0.15) is 38.4 Å². The summed E-state index contributed by atoms with van der Waals surface area (Å²) in [6.07, 6.45) is 0.938. The predicted octanol–water partition coefficient (Wildman–Crippen LogP) is 3.28. The fourth-order valence-electron chi connectivity index (χ4n) is 1.70. The number of hydrogen-bond donors (Lipinski definition) is 1. The third-order valence-corrected chi connectivity index (χ3v) is 2.63. The van der Waals surface area contributed by atoms with E-state index in [-0.39, 0.29) is 12.2 Å². The maximum Gasteiger partial charge on any atom is 0.407 e. The molecule has 0 spiro atoms. The van der Waals surface area contributed by atoms with Crippen molar-refractivity contribution >= 4 is 6.09 Å². The number of alkyl carbamates (subject to hydrolysis) is 1. The van der Waals surface area contributed by atoms with Gasteiger partial charge in [-0.1, -0.05) is 32.0 Å². The molecule has 1 unspecified atom stereocenters. The lowest BCUT2D eigenvalue weighted by Gasteiger charge is -2.19. The van der Waals surface area contributed by atoms with Gasteiger partial charge in [0, 0.05) is 12.1 Å². The number of methoxy groups -OCH3 is 1. The number of carbonyl (C=O) groups is 1. The summed E-state index contributed by atoms with van der Waals surface area (Å²) in [5.41, 5.74) is 0.897. The fourth-order valence-corrected chi connectivity index (χ4v) is 1.70. The lowest BCUT2D eigenvalue weighted by molar-refractivity contribution is 0.0938. The Bertz CT molecular complexity index is 379. The lowest BCUT2D eigenvalue weighted by atomic mass is 10.1. The smallest absolute Gasteiger partial charge is 0.407 e. The van der Waals surface area contributed by atoms with Crippen LogP contribution in [0.5, 0.6) is 5.75 Å². The fraction of sp³-hybridized carbons (Fsp3) is 0.500. The van der Waals surface area contributed by atoms with E-state index in [2.05, 4.69) is 5.32 Å². The van der Waals surface area contributed by atoms with E-state index >= 15 is 0 Å². The molecular weight excluding hydrogens is 230 g/mol. The summed E-state index contributed by atoms with van der Waals surface area (Å²) >= 11 is 0. The summed E-state index contributed by atoms with van der Waals surface area (Å²) in [4.78, 5) is 11.6. The predicted molar refractivity (Wildman–Crippen MR) is 70.8 cm³/mol. The molecule has 1 aromatic rings. The molecule has 100 valence electrons. The second-order valence-corrected chi connectivity index (χ2v) is 3.97. The lowest BCUT2D eigenvalue weighted by Crippen LogP contribution is -2.26. The van der Waals surface area contributed by atoms with Crippen LogP contribution in [0.15, 0.2) is 24.3 Å². The van der Waals surface area contributed by atoms with Crippen LogP contribution in [-0.4, -0.2) is 19.7 Å². The number of nitrogens with one attached hydrogen (secondary N) is 1. The number of ether oxygens (including phenoxy) is 2. The molecule has 4 nitrogen and oxygen atoms in total. The topological polar surface area (TPSA) is 47.6 Å². The van der Waals surface area contributed by atoms with Crippen molar-refractivity contribution in [3.63, 3.8) is 0 Å². The molecule has 0 aromatic heterocycles. The molecule has 1 aromatic carbocycles. The first-order valence-electron chi connectivity index (χ1n) is 6.30. The molecule has 0 fully saturated rings. The minimum absolute atomic E-state index is 0.280. The Morgan fingerprint density at radius 1 is 1.33 bits per heavy atom. The molecule has 0 heterocycles. The molecule has 18 heavy (non-hydrogen) atoms. The summed E-state index contributed by atoms with van der Waals surface area (Å²) in [6.45, 7) is 4.60. The number of carbonyl (C=O) groups excluding carboxylic acids is 1. The Morgan fingerprint density at radius 2 is 2.06 bits per heavy atom. The molecule has 1 N–H and O–H groups in total. The van der Waals surface area contributed by atoms with Crippen LogP contribution in [-0.2, 0) is 4.74 Å². The molecule has 4 heteroatoms. The first kappa shape index (κ1) is 14.4. The quantitative estimate of drug-likeness (QED) is 0.844. The van der Waals surface area contributed by atoms with Gasteiger partial charge in [-0.05, 0) is 18.9 Å². The molecule has 1 amide bonds. The van der Waals surface area contributed by atoms with Gasteiger partial charge in [0.2, 0.25) is 0 Å². The Labute approximate surface area is 108 Å². The van der Waals surface area contributed by atoms with E-state index in [9.17, 15) is 4.79 Å². The molecule has 0 aliphatic carbocycles. The number of rotatable bonds is 6. The van der Waals surface area contributed by atoms with Crippen molar-refractivity contribution in [2.24, 2.45) is 0 Å². The minimum Gasteiger partial charge on any atom is -0.496 e. The van der Waals surface area contributed by atoms with Gasteiger partial charge in [0.25, 0.3) is 0 Å². The van der Waals surface area contributed by atoms with E-state index in [0.717, 1.165) is 17.7 Å². The van der Waals surface area contributed by atoms with Gasteiger partial charge in [0.15, 0.2) is 0 Å². The molecule has 1 rings (SSSR count). The van der Waals surface area contributed by atoms with E-state index in [1.165, 1.54) is 0 Å².